The van der Waals surface area contributed by atoms with Crippen molar-refractivity contribution in [1.29, 1.82) is 5.41 Å². The minimum absolute atomic E-state index is 0.00530. The minimum atomic E-state index is 0.00530. The van der Waals surface area contributed by atoms with Crippen molar-refractivity contribution in [3.63, 3.8) is 0 Å². The highest BCUT2D eigenvalue weighted by Crippen LogP contribution is 2.30. The Morgan fingerprint density at radius 3 is 2.67 bits per heavy atom. The van der Waals surface area contributed by atoms with Gasteiger partial charge in [0, 0.05) is 25.5 Å². The average Bonchev–Trinajstić information content (AvgIpc) is 3.14. The fourth-order valence-electron chi connectivity index (χ4n) is 2.83. The van der Waals surface area contributed by atoms with Gasteiger partial charge in [0.05, 0.1) is 30.0 Å². The van der Waals surface area contributed by atoms with E-state index in [0.29, 0.717) is 53.0 Å². The number of ether oxygens (including phenoxy) is 1. The molecule has 0 aliphatic heterocycles. The van der Waals surface area contributed by atoms with Crippen molar-refractivity contribution in [1.82, 2.24) is 19.7 Å². The molecule has 0 fully saturated rings. The molecule has 10 nitrogen and oxygen atoms in total. The van der Waals surface area contributed by atoms with Crippen LogP contribution < -0.4 is 22.1 Å². The van der Waals surface area contributed by atoms with Gasteiger partial charge in [-0.1, -0.05) is 13.8 Å². The van der Waals surface area contributed by atoms with Gasteiger partial charge < -0.3 is 32.2 Å². The first-order valence-electron chi connectivity index (χ1n) is 9.73. The third-order valence-corrected chi connectivity index (χ3v) is 4.29. The standard InChI is InChI=1S/C20H31N9O/c1-6-30-19(23)13(7-8-21)14-9-15(25-10-16-26-11-29(5)28-16)17(18(22)12(2)3)20(24-4)27-14/h7-9,11-12,22H,6,10,21,23H2,1-5H3,(H2,24,25,27)/b8-7-,19-13-,22-18?. The Hall–Kier alpha value is -3.56. The summed E-state index contributed by atoms with van der Waals surface area (Å²) in [7, 11) is 3.58. The molecule has 0 saturated carbocycles. The highest BCUT2D eigenvalue weighted by atomic mass is 16.5. The monoisotopic (exact) mass is 413 g/mol. The molecule has 0 unspecified atom stereocenters. The number of nitrogens with one attached hydrogen (secondary N) is 3. The summed E-state index contributed by atoms with van der Waals surface area (Å²) in [6.45, 7) is 6.59. The number of hydrogen-bond donors (Lipinski definition) is 5. The van der Waals surface area contributed by atoms with E-state index in [0.717, 1.165) is 0 Å². The lowest BCUT2D eigenvalue weighted by atomic mass is 9.97. The molecule has 2 rings (SSSR count). The first kappa shape index (κ1) is 22.7. The Labute approximate surface area is 176 Å². The Morgan fingerprint density at radius 1 is 1.40 bits per heavy atom. The van der Waals surface area contributed by atoms with E-state index in [9.17, 15) is 0 Å². The number of pyridine rings is 1. The summed E-state index contributed by atoms with van der Waals surface area (Å²) in [5.74, 6) is 1.41. The second-order valence-electron chi connectivity index (χ2n) is 6.86. The van der Waals surface area contributed by atoms with Crippen LogP contribution in [0.4, 0.5) is 11.5 Å². The number of nitrogens with two attached hydrogens (primary N) is 2. The second-order valence-corrected chi connectivity index (χ2v) is 6.86. The molecule has 2 aromatic heterocycles. The first-order chi connectivity index (χ1) is 14.3. The number of rotatable bonds is 10. The molecule has 0 aromatic carbocycles. The van der Waals surface area contributed by atoms with Gasteiger partial charge in [0.1, 0.15) is 12.1 Å². The molecule has 7 N–H and O–H groups in total. The molecule has 0 aliphatic rings. The van der Waals surface area contributed by atoms with Gasteiger partial charge in [-0.3, -0.25) is 4.68 Å². The van der Waals surface area contributed by atoms with Crippen molar-refractivity contribution >= 4 is 22.8 Å². The Balaban J connectivity index is 2.62. The van der Waals surface area contributed by atoms with Gasteiger partial charge in [-0.2, -0.15) is 5.10 Å². The first-order valence-corrected chi connectivity index (χ1v) is 9.73. The van der Waals surface area contributed by atoms with Crippen molar-refractivity contribution < 1.29 is 4.74 Å². The number of anilines is 2. The smallest absolute Gasteiger partial charge is 0.193 e. The largest absolute Gasteiger partial charge is 0.479 e. The summed E-state index contributed by atoms with van der Waals surface area (Å²) < 4.78 is 7.12. The van der Waals surface area contributed by atoms with Crippen LogP contribution in [0.5, 0.6) is 0 Å². The normalized spacial score (nSPS) is 12.2. The van der Waals surface area contributed by atoms with Crippen LogP contribution in [-0.2, 0) is 18.3 Å². The molecule has 0 saturated heterocycles. The van der Waals surface area contributed by atoms with Crippen molar-refractivity contribution in [2.24, 2.45) is 24.4 Å². The van der Waals surface area contributed by atoms with Crippen LogP contribution in [0.15, 0.2) is 30.6 Å². The lowest BCUT2D eigenvalue weighted by Crippen LogP contribution is -2.17. The van der Waals surface area contributed by atoms with Gasteiger partial charge in [-0.25, -0.2) is 9.97 Å². The number of aromatic nitrogens is 4. The topological polar surface area (TPSA) is 153 Å². The van der Waals surface area contributed by atoms with Crippen molar-refractivity contribution in [3.8, 4) is 0 Å². The Bertz CT molecular complexity index is 944. The van der Waals surface area contributed by atoms with E-state index < -0.39 is 0 Å². The third-order valence-electron chi connectivity index (χ3n) is 4.29. The van der Waals surface area contributed by atoms with Gasteiger partial charge >= 0.3 is 0 Å². The zero-order valence-corrected chi connectivity index (χ0v) is 18.2. The number of hydrogen-bond acceptors (Lipinski definition) is 9. The van der Waals surface area contributed by atoms with Crippen molar-refractivity contribution in [2.75, 3.05) is 24.3 Å². The lowest BCUT2D eigenvalue weighted by molar-refractivity contribution is 0.228. The molecule has 2 aromatic rings. The highest BCUT2D eigenvalue weighted by Gasteiger charge is 2.20. The van der Waals surface area contributed by atoms with E-state index in [1.54, 1.807) is 24.1 Å². The van der Waals surface area contributed by atoms with Crippen LogP contribution in [0.25, 0.3) is 5.57 Å². The SMILES string of the molecule is CCO/C(N)=C(/C=C\N)c1cc(NCc2ncn(C)n2)c(C(=N)C(C)C)c(NC)n1. The molecule has 0 aliphatic carbocycles. The van der Waals surface area contributed by atoms with E-state index in [2.05, 4.69) is 25.7 Å². The average molecular weight is 414 g/mol. The number of allylic oxidation sites excluding steroid dienone is 2. The maximum absolute atomic E-state index is 8.62. The highest BCUT2D eigenvalue weighted by molar-refractivity contribution is 6.08. The minimum Gasteiger partial charge on any atom is -0.479 e. The molecule has 0 amide bonds. The number of aryl methyl sites for hydroxylation is 1. The van der Waals surface area contributed by atoms with E-state index in [1.165, 1.54) is 6.20 Å². The van der Waals surface area contributed by atoms with Gasteiger partial charge in [-0.05, 0) is 31.2 Å². The molecule has 2 heterocycles. The van der Waals surface area contributed by atoms with Crippen LogP contribution in [0.2, 0.25) is 0 Å². The molecule has 162 valence electrons. The van der Waals surface area contributed by atoms with Crippen molar-refractivity contribution in [2.45, 2.75) is 27.3 Å². The molecule has 30 heavy (non-hydrogen) atoms. The van der Waals surface area contributed by atoms with Crippen LogP contribution >= 0.6 is 0 Å². The third kappa shape index (κ3) is 5.28. The summed E-state index contributed by atoms with van der Waals surface area (Å²) >= 11 is 0. The Morgan fingerprint density at radius 2 is 2.13 bits per heavy atom. The van der Waals surface area contributed by atoms with Crippen LogP contribution in [0.1, 0.15) is 37.9 Å². The van der Waals surface area contributed by atoms with E-state index >= 15 is 0 Å². The zero-order chi connectivity index (χ0) is 22.3. The summed E-state index contributed by atoms with van der Waals surface area (Å²) in [4.78, 5) is 8.93. The molecule has 10 heteroatoms. The van der Waals surface area contributed by atoms with Gasteiger partial charge in [-0.15, -0.1) is 0 Å². The van der Waals surface area contributed by atoms with Gasteiger partial charge in [0.2, 0.25) is 0 Å². The fraction of sp³-hybridized carbons (Fsp3) is 0.400. The van der Waals surface area contributed by atoms with E-state index in [4.69, 9.17) is 21.6 Å². The molecular weight excluding hydrogens is 382 g/mol. The summed E-state index contributed by atoms with van der Waals surface area (Å²) in [6.07, 6.45) is 4.67. The van der Waals surface area contributed by atoms with Gasteiger partial charge in [0.15, 0.2) is 11.7 Å². The Kier molecular flexibility index (Phi) is 7.79. The number of nitrogens with zero attached hydrogens (tertiary/aromatic N) is 4. The fourth-order valence-corrected chi connectivity index (χ4v) is 2.83. The molecule has 0 bridgehead atoms. The van der Waals surface area contributed by atoms with Crippen LogP contribution in [-0.4, -0.2) is 39.1 Å². The second kappa shape index (κ2) is 10.3. The summed E-state index contributed by atoms with van der Waals surface area (Å²) in [6, 6.07) is 1.83. The van der Waals surface area contributed by atoms with Crippen molar-refractivity contribution in [3.05, 3.63) is 47.6 Å². The van der Waals surface area contributed by atoms with Crippen LogP contribution in [0.3, 0.4) is 0 Å². The van der Waals surface area contributed by atoms with Gasteiger partial charge in [0.25, 0.3) is 0 Å². The maximum Gasteiger partial charge on any atom is 0.193 e. The summed E-state index contributed by atoms with van der Waals surface area (Å²) in [5.41, 5.74) is 14.7. The maximum atomic E-state index is 8.62. The molecular formula is C20H31N9O. The molecule has 0 radical (unpaired) electrons. The zero-order valence-electron chi connectivity index (χ0n) is 18.2. The quantitative estimate of drug-likeness (QED) is 0.225. The predicted octanol–water partition coefficient (Wildman–Crippen LogP) is 2.02. The summed E-state index contributed by atoms with van der Waals surface area (Å²) in [5, 5.41) is 19.4. The van der Waals surface area contributed by atoms with Crippen LogP contribution in [0, 0.1) is 11.3 Å². The van der Waals surface area contributed by atoms with E-state index in [1.807, 2.05) is 33.9 Å². The predicted molar refractivity (Wildman–Crippen MR) is 120 cm³/mol. The molecule has 0 atom stereocenters. The molecule has 0 spiro atoms. The lowest BCUT2D eigenvalue weighted by Gasteiger charge is -2.20. The van der Waals surface area contributed by atoms with E-state index in [-0.39, 0.29) is 11.8 Å².